The predicted molar refractivity (Wildman–Crippen MR) is 472 cm³/mol. The highest BCUT2D eigenvalue weighted by Crippen LogP contribution is 3.14. The molecule has 42 rings (SSSR count). The van der Waals surface area contributed by atoms with Gasteiger partial charge in [0.15, 0.2) is 21.7 Å². The van der Waals surface area contributed by atoms with Crippen LogP contribution in [0.15, 0.2) is 85.2 Å². The lowest BCUT2D eigenvalue weighted by Gasteiger charge is -2.37. The molecule has 10 atom stereocenters. The Labute approximate surface area is 754 Å². The van der Waals surface area contributed by atoms with E-state index in [4.69, 9.17) is 47.9 Å². The van der Waals surface area contributed by atoms with Crippen LogP contribution in [0, 0.1) is 41.9 Å². The number of methoxy groups -OCH3 is 2. The molecule has 135 heavy (non-hydrogen) atoms. The molecule has 2 aromatic heterocycles. The largest absolute Gasteiger partial charge is 0.468 e. The maximum absolute atomic E-state index is 19.2. The van der Waals surface area contributed by atoms with Gasteiger partial charge in [0, 0.05) is 36.7 Å². The van der Waals surface area contributed by atoms with Crippen LogP contribution in [0.3, 0.4) is 0 Å². The number of hydrogen-bond donors (Lipinski definition) is 0. The van der Waals surface area contributed by atoms with Crippen molar-refractivity contribution < 1.29 is 86.1 Å². The zero-order valence-corrected chi connectivity index (χ0v) is 72.4. The van der Waals surface area contributed by atoms with Crippen molar-refractivity contribution in [1.29, 1.82) is 0 Å². The number of fused-ring (bicyclic) bond motifs is 5. The van der Waals surface area contributed by atoms with Crippen LogP contribution in [-0.2, 0) is 149 Å². The van der Waals surface area contributed by atoms with E-state index in [2.05, 4.69) is 12.1 Å². The molecule has 5 fully saturated rings. The van der Waals surface area contributed by atoms with Crippen LogP contribution < -0.4 is 0 Å². The number of hydrogen-bond acceptors (Lipinski definition) is 22. The summed E-state index contributed by atoms with van der Waals surface area (Å²) in [7, 11) is 2.70. The summed E-state index contributed by atoms with van der Waals surface area (Å²) in [5.74, 6) is -6.83. The SMILES string of the molecule is CCOC(=O)C1(C(=O)OCC)C23c4c5c6c7c8c4-c4c2c2c9c%10c4C4%11c%12c%13c%14c%15c(c%12-%10)C%10%12c%16c-%15c%15c%17c%18c%19c%20c%21c%22c%23c(c-5c5c%24c%25c(c-2c(c2c%16c%17c(c2%25)c(c%23%24)c%22%18)C9%10C%12(C(=O)OC(C)(C)C)C(=O)OC(C)(C)C)C513)C61C(C(=O)OC)(C(=O)OC)C%211c1c-%20c(c-%13c(c1-7)C84C%111c2cccnc2-c2ncccc21)C%141C(C(=O)OCc2ccc([N+](=O)[O-])cc2)(C(=O)OCc2ccc([N+](=O)[O-])cc2)C%19%151. The predicted octanol–water partition coefficient (Wildman–Crippen LogP) is 15.4. The molecule has 0 radical (unpaired) electrons. The molecule has 0 aliphatic heterocycles. The number of aromatic nitrogens is 2. The van der Waals surface area contributed by atoms with Crippen LogP contribution in [0.5, 0.6) is 0 Å². The van der Waals surface area contributed by atoms with Gasteiger partial charge in [-0.25, -0.2) is 0 Å². The smallest absolute Gasteiger partial charge is 0.326 e. The molecule has 0 bridgehead atoms. The minimum absolute atomic E-state index is 0.147. The van der Waals surface area contributed by atoms with Gasteiger partial charge >= 0.3 is 47.8 Å². The first-order valence-corrected chi connectivity index (χ1v) is 46.7. The van der Waals surface area contributed by atoms with Gasteiger partial charge in [-0.2, -0.15) is 0 Å². The van der Waals surface area contributed by atoms with E-state index < -0.39 is 163 Å². The third-order valence-corrected chi connectivity index (χ3v) is 41.7. The van der Waals surface area contributed by atoms with Gasteiger partial charge in [0.25, 0.3) is 11.4 Å². The summed E-state index contributed by atoms with van der Waals surface area (Å²) in [6.45, 7) is 13.2. The van der Waals surface area contributed by atoms with Crippen molar-refractivity contribution in [3.8, 4) is 100 Å². The third kappa shape index (κ3) is 4.03. The average Bonchev–Trinajstić information content (AvgIpc) is 1.31. The molecule has 16 aromatic rings. The lowest BCUT2D eigenvalue weighted by molar-refractivity contribution is -0.385. The van der Waals surface area contributed by atoms with Gasteiger partial charge in [-0.3, -0.25) is 68.6 Å². The molecular formula is C111H52N4O20. The molecule has 0 amide bonds. The van der Waals surface area contributed by atoms with Crippen molar-refractivity contribution in [2.45, 2.75) is 139 Å². The standard InChI is InChI=1S/C111H52N4O20/c1-11-130-89(118)109(90(119)131-12-2)100-65-41-37-35-36-39-42(41)66(100)51-55-79-59-60-76-64-63-74-58-57-73-61-62(75(59)99(76)97(98(73,74)99)33-15-13-25-112-85(33)86-34(97)16-14-26-113-86)82(55)106(100,109)81(61)53-49(65)69-45(37)46-38(35)43-44-40(36)48-47(39)71(51)104(79)105(111(104,93(122)134-95(3,4)5)94(123)135-96(6,7)8)72(48)52-56(80(60)105)84(64)107-83(63)54-50(70(46)103(78(54)58)102(69,77(53)57)108(103,87(116)128-9)88(117)129-10)67(43)101(107,68(44)52)110(107,91(120)132-27-29-17-21-31(22-18-29)114(124)125)92(121)133-28-30-19-23-32(24-20-30)115(126)127/h13-26H,11-12,27-28H2,1-10H3. The molecule has 26 aliphatic carbocycles. The van der Waals surface area contributed by atoms with Crippen LogP contribution in [0.1, 0.15) is 189 Å². The number of carbonyl (C=O) groups excluding carboxylic acids is 8. The van der Waals surface area contributed by atoms with E-state index in [-0.39, 0.29) is 24.6 Å². The number of nitro benzene ring substituents is 2. The van der Waals surface area contributed by atoms with E-state index in [9.17, 15) is 20.2 Å². The summed E-state index contributed by atoms with van der Waals surface area (Å²) in [4.78, 5) is 185. The van der Waals surface area contributed by atoms with Gasteiger partial charge in [0.2, 0.25) is 0 Å². The second kappa shape index (κ2) is 16.2. The van der Waals surface area contributed by atoms with Gasteiger partial charge in [0.05, 0.1) is 108 Å². The van der Waals surface area contributed by atoms with Gasteiger partial charge < -0.3 is 37.9 Å². The summed E-state index contributed by atoms with van der Waals surface area (Å²) >= 11 is 0. The molecule has 14 aromatic carbocycles. The van der Waals surface area contributed by atoms with Crippen LogP contribution in [0.4, 0.5) is 11.4 Å². The zero-order chi connectivity index (χ0) is 89.6. The first kappa shape index (κ1) is 66.2. The Morgan fingerprint density at radius 2 is 0.511 bits per heavy atom. The topological polar surface area (TPSA) is 322 Å². The Kier molecular flexibility index (Phi) is 7.96. The molecule has 26 aliphatic rings. The fraction of sp³-hybridized carbons (Fsp3) is 0.279. The van der Waals surface area contributed by atoms with E-state index >= 15 is 38.4 Å². The van der Waals surface area contributed by atoms with Crippen molar-refractivity contribution in [1.82, 2.24) is 9.97 Å². The van der Waals surface area contributed by atoms with Crippen molar-refractivity contribution in [3.05, 3.63) is 239 Å². The minimum atomic E-state index is -2.65. The third-order valence-electron chi connectivity index (χ3n) is 41.7. The van der Waals surface area contributed by atoms with Gasteiger partial charge in [-0.05, 0) is 390 Å². The number of nitrogens with zero attached hydrogens (tertiary/aromatic N) is 4. The number of benzene rings is 12. The van der Waals surface area contributed by atoms with Crippen LogP contribution in [0.2, 0.25) is 0 Å². The first-order chi connectivity index (χ1) is 65.2. The van der Waals surface area contributed by atoms with Gasteiger partial charge in [0.1, 0.15) is 24.4 Å². The van der Waals surface area contributed by atoms with Gasteiger partial charge in [-0.1, -0.05) is 12.1 Å². The molecule has 11 spiro atoms. The van der Waals surface area contributed by atoms with E-state index in [1.54, 1.807) is 13.8 Å². The highest BCUT2D eigenvalue weighted by molar-refractivity contribution is 6.63. The lowest BCUT2D eigenvalue weighted by Crippen LogP contribution is -2.44. The molecule has 10 unspecified atom stereocenters. The lowest BCUT2D eigenvalue weighted by atomic mass is 9.63. The monoisotopic (exact) mass is 1760 g/mol. The van der Waals surface area contributed by atoms with E-state index in [0.717, 1.165) is 176 Å². The highest BCUT2D eigenvalue weighted by atomic mass is 16.6. The van der Waals surface area contributed by atoms with E-state index in [1.165, 1.54) is 62.8 Å². The summed E-state index contributed by atoms with van der Waals surface area (Å²) in [5.41, 5.74) is -3.35. The van der Waals surface area contributed by atoms with Crippen molar-refractivity contribution in [2.75, 3.05) is 27.4 Å². The molecule has 24 nitrogen and oxygen atoms in total. The Bertz CT molecular complexity index is 9640. The molecule has 2 heterocycles. The molecular weight excluding hydrogens is 1710 g/mol. The number of rotatable bonds is 16. The second-order valence-electron chi connectivity index (χ2n) is 45.2. The second-order valence-corrected chi connectivity index (χ2v) is 45.2. The summed E-state index contributed by atoms with van der Waals surface area (Å²) in [6.07, 6.45) is 3.63. The molecule has 0 N–H and O–H groups in total. The average molecular weight is 1760 g/mol. The van der Waals surface area contributed by atoms with Crippen molar-refractivity contribution >= 4 is 135 Å². The maximum atomic E-state index is 19.2. The van der Waals surface area contributed by atoms with Crippen LogP contribution >= 0.6 is 0 Å². The Balaban J connectivity index is 0.823. The summed E-state index contributed by atoms with van der Waals surface area (Å²) < 4.78 is 57.1. The molecule has 24 heteroatoms. The van der Waals surface area contributed by atoms with Crippen molar-refractivity contribution in [3.63, 3.8) is 0 Å². The number of esters is 8. The fourth-order valence-electron chi connectivity index (χ4n) is 41.8. The quantitative estimate of drug-likeness (QED) is 0.0217. The minimum Gasteiger partial charge on any atom is -0.468 e. The van der Waals surface area contributed by atoms with Crippen molar-refractivity contribution in [2.24, 2.45) is 21.7 Å². The Hall–Kier alpha value is -15.2. The number of ether oxygens (including phenoxy) is 8. The number of non-ortho nitro benzene ring substituents is 2. The zero-order valence-electron chi connectivity index (χ0n) is 72.4. The number of carbonyl (C=O) groups is 8. The maximum Gasteiger partial charge on any atom is 0.326 e. The summed E-state index contributed by atoms with van der Waals surface area (Å²) in [5, 5.41) is 36.2. The molecule has 5 saturated carbocycles. The number of nitro groups is 2. The van der Waals surface area contributed by atoms with Crippen LogP contribution in [0.25, 0.3) is 176 Å². The number of pyridine rings is 2. The molecule has 0 saturated heterocycles. The van der Waals surface area contributed by atoms with Crippen LogP contribution in [-0.4, -0.2) is 106 Å². The molecule has 636 valence electrons. The van der Waals surface area contributed by atoms with E-state index in [1.807, 2.05) is 66.1 Å². The normalized spacial score (nSPS) is 29.7. The fourth-order valence-corrected chi connectivity index (χ4v) is 41.8. The highest BCUT2D eigenvalue weighted by Gasteiger charge is 3.15. The van der Waals surface area contributed by atoms with Gasteiger partial charge in [-0.15, -0.1) is 0 Å². The van der Waals surface area contributed by atoms with E-state index in [0.29, 0.717) is 134 Å². The Morgan fingerprint density at radius 3 is 0.763 bits per heavy atom. The Morgan fingerprint density at radius 1 is 0.289 bits per heavy atom. The first-order valence-electron chi connectivity index (χ1n) is 46.7. The summed E-state index contributed by atoms with van der Waals surface area (Å²) in [6, 6.07) is 19.9.